The highest BCUT2D eigenvalue weighted by molar-refractivity contribution is 5.82. The maximum Gasteiger partial charge on any atom is 0.399 e. The van der Waals surface area contributed by atoms with E-state index in [0.717, 1.165) is 11.1 Å². The molecule has 37 heavy (non-hydrogen) atoms. The molecule has 4 nitrogen and oxygen atoms in total. The monoisotopic (exact) mass is 506 g/mol. The molecule has 1 atom stereocenters. The molecule has 3 aromatic carbocycles. The number of oxazole rings is 2. The Morgan fingerprint density at radius 3 is 1.84 bits per heavy atom. The van der Waals surface area contributed by atoms with E-state index >= 15 is 0 Å². The molecule has 5 rings (SSSR count). The third kappa shape index (κ3) is 4.63. The second-order valence-electron chi connectivity index (χ2n) is 10.3. The van der Waals surface area contributed by atoms with Crippen molar-refractivity contribution >= 4 is 22.2 Å². The summed E-state index contributed by atoms with van der Waals surface area (Å²) in [7, 11) is 0. The van der Waals surface area contributed by atoms with Crippen molar-refractivity contribution in [1.29, 1.82) is 0 Å². The Bertz CT molecular complexity index is 1610. The van der Waals surface area contributed by atoms with Gasteiger partial charge in [-0.15, -0.1) is 0 Å². The van der Waals surface area contributed by atoms with E-state index in [0.29, 0.717) is 45.1 Å². The molecule has 5 aromatic rings. The number of aryl methyl sites for hydroxylation is 2. The predicted molar refractivity (Wildman–Crippen MR) is 139 cm³/mol. The van der Waals surface area contributed by atoms with Crippen molar-refractivity contribution in [3.8, 4) is 11.5 Å². The van der Waals surface area contributed by atoms with E-state index < -0.39 is 12.1 Å². The lowest BCUT2D eigenvalue weighted by Crippen LogP contribution is -2.22. The molecular weight excluding hydrogens is 477 g/mol. The zero-order chi connectivity index (χ0) is 26.6. The van der Waals surface area contributed by atoms with Crippen LogP contribution in [0.25, 0.3) is 33.7 Å². The molecule has 0 aliphatic rings. The van der Waals surface area contributed by atoms with Crippen molar-refractivity contribution in [2.24, 2.45) is 0 Å². The van der Waals surface area contributed by atoms with Gasteiger partial charge in [-0.3, -0.25) is 0 Å². The number of nitrogens with zero attached hydrogens (tertiary/aromatic N) is 2. The minimum Gasteiger partial charge on any atom is -0.441 e. The van der Waals surface area contributed by atoms with E-state index in [1.54, 1.807) is 19.1 Å². The Morgan fingerprint density at radius 2 is 1.30 bits per heavy atom. The summed E-state index contributed by atoms with van der Waals surface area (Å²) in [6.45, 7) is 11.4. The highest BCUT2D eigenvalue weighted by Crippen LogP contribution is 2.44. The zero-order valence-electron chi connectivity index (χ0n) is 21.7. The molecular formula is C30H29F3N2O2. The molecule has 7 heteroatoms. The standard InChI is InChI=1S/C30H29F3N2O2/c1-15(2)22-11-20(13-24-27(22)36-18(6)34-24)26(30(31,32)33)21-12-23(16(3)4)28-25(14-21)35-29(37-28)19-9-7-8-17(5)10-19/h7-16,26H,1-6H3. The Kier molecular flexibility index (Phi) is 6.13. The van der Waals surface area contributed by atoms with Crippen LogP contribution in [0.1, 0.15) is 79.2 Å². The Balaban J connectivity index is 1.74. The van der Waals surface area contributed by atoms with Crippen LogP contribution in [0.4, 0.5) is 13.2 Å². The van der Waals surface area contributed by atoms with Crippen LogP contribution < -0.4 is 0 Å². The normalized spacial score (nSPS) is 13.4. The van der Waals surface area contributed by atoms with Gasteiger partial charge >= 0.3 is 6.18 Å². The van der Waals surface area contributed by atoms with E-state index in [4.69, 9.17) is 8.83 Å². The maximum absolute atomic E-state index is 14.8. The molecule has 0 spiro atoms. The molecule has 0 radical (unpaired) electrons. The first-order valence-corrected chi connectivity index (χ1v) is 12.4. The molecule has 0 amide bonds. The zero-order valence-corrected chi connectivity index (χ0v) is 21.7. The van der Waals surface area contributed by atoms with Gasteiger partial charge < -0.3 is 8.83 Å². The van der Waals surface area contributed by atoms with Gasteiger partial charge in [0.05, 0.1) is 0 Å². The number of alkyl halides is 3. The second kappa shape index (κ2) is 9.05. The number of aromatic nitrogens is 2. The van der Waals surface area contributed by atoms with Crippen molar-refractivity contribution in [1.82, 2.24) is 9.97 Å². The van der Waals surface area contributed by atoms with Gasteiger partial charge in [-0.25, -0.2) is 9.97 Å². The largest absolute Gasteiger partial charge is 0.441 e. The van der Waals surface area contributed by atoms with Crippen LogP contribution in [-0.4, -0.2) is 16.1 Å². The van der Waals surface area contributed by atoms with Crippen molar-refractivity contribution in [3.63, 3.8) is 0 Å². The predicted octanol–water partition coefficient (Wildman–Crippen LogP) is 9.19. The van der Waals surface area contributed by atoms with E-state index in [9.17, 15) is 13.2 Å². The van der Waals surface area contributed by atoms with Crippen molar-refractivity contribution in [2.75, 3.05) is 0 Å². The second-order valence-corrected chi connectivity index (χ2v) is 10.3. The van der Waals surface area contributed by atoms with Crippen molar-refractivity contribution in [3.05, 3.63) is 82.2 Å². The van der Waals surface area contributed by atoms with Crippen LogP contribution in [0.15, 0.2) is 57.4 Å². The molecule has 0 N–H and O–H groups in total. The smallest absolute Gasteiger partial charge is 0.399 e. The molecule has 2 aromatic heterocycles. The Morgan fingerprint density at radius 1 is 0.730 bits per heavy atom. The summed E-state index contributed by atoms with van der Waals surface area (Å²) in [6, 6.07) is 13.9. The van der Waals surface area contributed by atoms with Gasteiger partial charge in [0.2, 0.25) is 5.89 Å². The molecule has 0 aliphatic heterocycles. The lowest BCUT2D eigenvalue weighted by molar-refractivity contribution is -0.141. The number of rotatable bonds is 5. The molecule has 1 unspecified atom stereocenters. The Labute approximate surface area is 213 Å². The third-order valence-corrected chi connectivity index (χ3v) is 6.69. The molecule has 0 saturated heterocycles. The lowest BCUT2D eigenvalue weighted by Gasteiger charge is -2.23. The van der Waals surface area contributed by atoms with Gasteiger partial charge in [0.1, 0.15) is 17.0 Å². The first-order chi connectivity index (χ1) is 17.4. The summed E-state index contributed by atoms with van der Waals surface area (Å²) >= 11 is 0. The summed E-state index contributed by atoms with van der Waals surface area (Å²) < 4.78 is 56.2. The fourth-order valence-electron chi connectivity index (χ4n) is 4.94. The number of fused-ring (bicyclic) bond motifs is 2. The van der Waals surface area contributed by atoms with E-state index in [1.165, 1.54) is 12.1 Å². The highest BCUT2D eigenvalue weighted by atomic mass is 19.4. The first-order valence-electron chi connectivity index (χ1n) is 12.4. The van der Waals surface area contributed by atoms with E-state index in [-0.39, 0.29) is 23.0 Å². The molecule has 0 fully saturated rings. The van der Waals surface area contributed by atoms with Gasteiger partial charge in [-0.2, -0.15) is 13.2 Å². The number of hydrogen-bond donors (Lipinski definition) is 0. The van der Waals surface area contributed by atoms with Gasteiger partial charge in [0.15, 0.2) is 17.1 Å². The van der Waals surface area contributed by atoms with Crippen LogP contribution in [0, 0.1) is 13.8 Å². The Hall–Kier alpha value is -3.61. The summed E-state index contributed by atoms with van der Waals surface area (Å²) in [5, 5.41) is 0. The molecule has 0 bridgehead atoms. The number of halogens is 3. The quantitative estimate of drug-likeness (QED) is 0.238. The molecule has 0 aliphatic carbocycles. The van der Waals surface area contributed by atoms with Gasteiger partial charge in [-0.05, 0) is 65.3 Å². The topological polar surface area (TPSA) is 52.1 Å². The van der Waals surface area contributed by atoms with Crippen LogP contribution in [0.5, 0.6) is 0 Å². The highest BCUT2D eigenvalue weighted by Gasteiger charge is 2.43. The average molecular weight is 507 g/mol. The molecule has 0 saturated carbocycles. The first kappa shape index (κ1) is 25.1. The summed E-state index contributed by atoms with van der Waals surface area (Å²) in [6.07, 6.45) is -4.54. The lowest BCUT2D eigenvalue weighted by atomic mass is 9.85. The average Bonchev–Trinajstić information content (AvgIpc) is 3.39. The summed E-state index contributed by atoms with van der Waals surface area (Å²) in [5.41, 5.74) is 5.38. The van der Waals surface area contributed by atoms with Crippen LogP contribution in [0.3, 0.4) is 0 Å². The number of hydrogen-bond acceptors (Lipinski definition) is 4. The van der Waals surface area contributed by atoms with Crippen molar-refractivity contribution < 1.29 is 22.0 Å². The van der Waals surface area contributed by atoms with Gasteiger partial charge in [0.25, 0.3) is 0 Å². The fourth-order valence-corrected chi connectivity index (χ4v) is 4.94. The van der Waals surface area contributed by atoms with Crippen molar-refractivity contribution in [2.45, 2.75) is 65.5 Å². The fraction of sp³-hybridized carbons (Fsp3) is 0.333. The van der Waals surface area contributed by atoms with Crippen LogP contribution in [0.2, 0.25) is 0 Å². The minimum absolute atomic E-state index is 0.0372. The summed E-state index contributed by atoms with van der Waals surface area (Å²) in [5.74, 6) is -1.14. The third-order valence-electron chi connectivity index (χ3n) is 6.69. The SMILES string of the molecule is Cc1cccc(-c2nc3cc(C(c4cc(C(C)C)c5oc(C)nc5c4)C(F)(F)F)cc(C(C)C)c3o2)c1. The summed E-state index contributed by atoms with van der Waals surface area (Å²) in [4.78, 5) is 8.98. The molecule has 192 valence electrons. The van der Waals surface area contributed by atoms with E-state index in [2.05, 4.69) is 9.97 Å². The number of benzene rings is 3. The molecule has 2 heterocycles. The minimum atomic E-state index is -4.54. The van der Waals surface area contributed by atoms with Gasteiger partial charge in [0, 0.05) is 12.5 Å². The van der Waals surface area contributed by atoms with Gasteiger partial charge in [-0.1, -0.05) is 57.5 Å². The van der Waals surface area contributed by atoms with Crippen LogP contribution >= 0.6 is 0 Å². The van der Waals surface area contributed by atoms with Crippen LogP contribution in [-0.2, 0) is 0 Å². The van der Waals surface area contributed by atoms with E-state index in [1.807, 2.05) is 58.9 Å². The maximum atomic E-state index is 14.8.